The number of aliphatic hydroxyl groups is 1. The van der Waals surface area contributed by atoms with Crippen molar-refractivity contribution in [3.05, 3.63) is 56.6 Å². The Bertz CT molecular complexity index is 1520. The fraction of sp³-hybridized carbons (Fsp3) is 0.385. The van der Waals surface area contributed by atoms with Gasteiger partial charge in [0.15, 0.2) is 17.2 Å². The molecule has 0 radical (unpaired) electrons. The van der Waals surface area contributed by atoms with E-state index in [1.807, 2.05) is 6.92 Å². The van der Waals surface area contributed by atoms with Gasteiger partial charge in [0, 0.05) is 22.6 Å². The maximum Gasteiger partial charge on any atom is 0.343 e. The average Bonchev–Trinajstić information content (AvgIpc) is 3.26. The van der Waals surface area contributed by atoms with E-state index in [1.54, 1.807) is 23.6 Å². The summed E-state index contributed by atoms with van der Waals surface area (Å²) in [5, 5.41) is 14.3. The molecule has 2 aliphatic rings. The maximum atomic E-state index is 14.9. The highest BCUT2D eigenvalue weighted by Gasteiger charge is 2.45. The van der Waals surface area contributed by atoms with Crippen molar-refractivity contribution in [3.63, 3.8) is 0 Å². The molecule has 38 heavy (non-hydrogen) atoms. The molecule has 0 aliphatic carbocycles. The Hall–Kier alpha value is -3.54. The van der Waals surface area contributed by atoms with Gasteiger partial charge >= 0.3 is 5.97 Å². The second kappa shape index (κ2) is 10.3. The molecule has 0 bridgehead atoms. The molecule has 1 amide bonds. The fourth-order valence-electron chi connectivity index (χ4n) is 5.10. The first-order valence-electron chi connectivity index (χ1n) is 12.1. The Morgan fingerprint density at radius 3 is 2.74 bits per heavy atom. The zero-order chi connectivity index (χ0) is 26.5. The highest BCUT2D eigenvalue weighted by molar-refractivity contribution is 5.90. The van der Waals surface area contributed by atoms with Gasteiger partial charge in [-0.05, 0) is 30.5 Å². The van der Waals surface area contributed by atoms with Gasteiger partial charge in [0.05, 0.1) is 42.1 Å². The van der Waals surface area contributed by atoms with Crippen LogP contribution in [-0.4, -0.2) is 46.2 Å². The summed E-state index contributed by atoms with van der Waals surface area (Å²) in [5.74, 6) is -1.71. The van der Waals surface area contributed by atoms with Crippen LogP contribution in [0.15, 0.2) is 23.0 Å². The van der Waals surface area contributed by atoms with E-state index in [-0.39, 0.29) is 80.0 Å². The molecule has 0 fully saturated rings. The number of aromatic nitrogens is 2. The number of carbonyl (C=O) groups excluding carboxylic acids is 2. The molecule has 1 aromatic carbocycles. The number of hydrogen-bond donors (Lipinski definition) is 3. The van der Waals surface area contributed by atoms with Gasteiger partial charge in [-0.15, -0.1) is 12.4 Å². The molecule has 0 saturated heterocycles. The standard InChI is InChI=1S/C26H27FN4O6.ClH/c1-3-13-14-7-21(36-6-5-29-22(32)10-28)18(27)9-19(14)30-23-15(13)11-31-20(23)8-17-16(24(31)33)12-37-25(34)26(17,35)4-2;/h7-9,35H,3-6,10-12,28H2,1-2H3,(H,29,32);1H/t26-;/m0./s1. The van der Waals surface area contributed by atoms with Crippen molar-refractivity contribution in [3.8, 4) is 17.1 Å². The molecule has 1 atom stereocenters. The summed E-state index contributed by atoms with van der Waals surface area (Å²) in [6.45, 7) is 3.73. The van der Waals surface area contributed by atoms with Crippen molar-refractivity contribution in [1.29, 1.82) is 0 Å². The molecule has 4 heterocycles. The molecule has 10 nitrogen and oxygen atoms in total. The van der Waals surface area contributed by atoms with Gasteiger partial charge in [-0.3, -0.25) is 9.59 Å². The van der Waals surface area contributed by atoms with Gasteiger partial charge in [0.2, 0.25) is 5.91 Å². The Kier molecular flexibility index (Phi) is 7.46. The number of cyclic esters (lactones) is 1. The third kappa shape index (κ3) is 4.20. The van der Waals surface area contributed by atoms with Crippen LogP contribution in [0.2, 0.25) is 0 Å². The Morgan fingerprint density at radius 1 is 1.29 bits per heavy atom. The van der Waals surface area contributed by atoms with Crippen molar-refractivity contribution < 1.29 is 28.6 Å². The van der Waals surface area contributed by atoms with Crippen molar-refractivity contribution >= 4 is 35.2 Å². The number of rotatable bonds is 7. The quantitative estimate of drug-likeness (QED) is 0.234. The lowest BCUT2D eigenvalue weighted by Gasteiger charge is -2.31. The smallest absolute Gasteiger partial charge is 0.343 e. The summed E-state index contributed by atoms with van der Waals surface area (Å²) in [4.78, 5) is 41.8. The lowest BCUT2D eigenvalue weighted by atomic mass is 9.86. The van der Waals surface area contributed by atoms with Crippen LogP contribution >= 0.6 is 12.4 Å². The molecule has 12 heteroatoms. The molecular weight excluding hydrogens is 519 g/mol. The van der Waals surface area contributed by atoms with E-state index in [0.29, 0.717) is 28.7 Å². The first-order valence-corrected chi connectivity index (χ1v) is 12.1. The summed E-state index contributed by atoms with van der Waals surface area (Å²) in [5.41, 5.74) is 6.52. The van der Waals surface area contributed by atoms with Gasteiger partial charge in [0.1, 0.15) is 13.2 Å². The van der Waals surface area contributed by atoms with E-state index in [2.05, 4.69) is 5.32 Å². The highest BCUT2D eigenvalue weighted by atomic mass is 35.5. The van der Waals surface area contributed by atoms with Crippen LogP contribution in [0.1, 0.15) is 42.5 Å². The number of carbonyl (C=O) groups is 2. The first-order chi connectivity index (χ1) is 17.7. The lowest BCUT2D eigenvalue weighted by Crippen LogP contribution is -2.44. The molecule has 2 aromatic heterocycles. The van der Waals surface area contributed by atoms with Crippen LogP contribution in [0.4, 0.5) is 4.39 Å². The van der Waals surface area contributed by atoms with E-state index in [9.17, 15) is 23.9 Å². The van der Waals surface area contributed by atoms with Crippen LogP contribution in [0.3, 0.4) is 0 Å². The monoisotopic (exact) mass is 546 g/mol. The SMILES string of the molecule is CCc1c2c(nc3cc(F)c(OCCNC(=O)CN)cc13)-c1cc3c(c(=O)n1C2)COC(=O)[C@]3(O)CC.Cl. The number of ether oxygens (including phenoxy) is 2. The number of benzene rings is 1. The zero-order valence-corrected chi connectivity index (χ0v) is 21.7. The van der Waals surface area contributed by atoms with Gasteiger partial charge < -0.3 is 30.2 Å². The summed E-state index contributed by atoms with van der Waals surface area (Å²) in [7, 11) is 0. The molecule has 0 saturated carbocycles. The predicted octanol–water partition coefficient (Wildman–Crippen LogP) is 1.66. The van der Waals surface area contributed by atoms with Crippen LogP contribution in [-0.2, 0) is 39.5 Å². The first kappa shape index (κ1) is 27.5. The summed E-state index contributed by atoms with van der Waals surface area (Å²) in [6, 6.07) is 4.50. The molecular formula is C26H28ClFN4O6. The van der Waals surface area contributed by atoms with Crippen molar-refractivity contribution in [2.24, 2.45) is 5.73 Å². The number of nitrogens with one attached hydrogen (secondary N) is 1. The highest BCUT2D eigenvalue weighted by Crippen LogP contribution is 2.41. The molecule has 2 aliphatic heterocycles. The fourth-order valence-corrected chi connectivity index (χ4v) is 5.10. The number of esters is 1. The van der Waals surface area contributed by atoms with Gasteiger partial charge in [-0.25, -0.2) is 14.2 Å². The molecule has 202 valence electrons. The lowest BCUT2D eigenvalue weighted by molar-refractivity contribution is -0.172. The van der Waals surface area contributed by atoms with Crippen LogP contribution in [0.5, 0.6) is 5.75 Å². The average molecular weight is 547 g/mol. The number of hydrogen-bond acceptors (Lipinski definition) is 8. The number of pyridine rings is 2. The minimum atomic E-state index is -1.92. The number of aryl methyl sites for hydroxylation is 1. The number of nitrogens with zero attached hydrogens (tertiary/aromatic N) is 2. The second-order valence-electron chi connectivity index (χ2n) is 9.08. The molecule has 3 aromatic rings. The number of nitrogens with two attached hydrogens (primary N) is 1. The van der Waals surface area contributed by atoms with Gasteiger partial charge in [-0.1, -0.05) is 13.8 Å². The van der Waals surface area contributed by atoms with Crippen LogP contribution in [0.25, 0.3) is 22.3 Å². The van der Waals surface area contributed by atoms with Crippen molar-refractivity contribution in [1.82, 2.24) is 14.9 Å². The number of fused-ring (bicyclic) bond motifs is 5. The Morgan fingerprint density at radius 2 is 2.05 bits per heavy atom. The normalized spacial score (nSPS) is 17.2. The predicted molar refractivity (Wildman–Crippen MR) is 139 cm³/mol. The zero-order valence-electron chi connectivity index (χ0n) is 20.9. The third-order valence-corrected chi connectivity index (χ3v) is 7.08. The van der Waals surface area contributed by atoms with E-state index in [4.69, 9.17) is 20.2 Å². The van der Waals surface area contributed by atoms with Gasteiger partial charge in [-0.2, -0.15) is 0 Å². The number of halogens is 2. The van der Waals surface area contributed by atoms with E-state index >= 15 is 0 Å². The molecule has 0 spiro atoms. The summed E-state index contributed by atoms with van der Waals surface area (Å²) < 4.78 is 27.2. The van der Waals surface area contributed by atoms with Gasteiger partial charge in [0.25, 0.3) is 5.56 Å². The molecule has 0 unspecified atom stereocenters. The minimum absolute atomic E-state index is 0. The van der Waals surface area contributed by atoms with Crippen molar-refractivity contribution in [2.75, 3.05) is 19.7 Å². The molecule has 5 rings (SSSR count). The van der Waals surface area contributed by atoms with E-state index in [0.717, 1.165) is 11.1 Å². The number of amides is 1. The Labute approximate surface area is 223 Å². The van der Waals surface area contributed by atoms with Crippen molar-refractivity contribution in [2.45, 2.75) is 45.4 Å². The largest absolute Gasteiger partial charge is 0.489 e. The third-order valence-electron chi connectivity index (χ3n) is 7.08. The Balaban J connectivity index is 0.00000336. The summed E-state index contributed by atoms with van der Waals surface area (Å²) in [6.07, 6.45) is 0.631. The maximum absolute atomic E-state index is 14.9. The van der Waals surface area contributed by atoms with Crippen LogP contribution in [0, 0.1) is 5.82 Å². The van der Waals surface area contributed by atoms with E-state index in [1.165, 1.54) is 6.07 Å². The second-order valence-corrected chi connectivity index (χ2v) is 9.08. The molecule has 4 N–H and O–H groups in total. The van der Waals surface area contributed by atoms with Crippen LogP contribution < -0.4 is 21.3 Å². The van der Waals surface area contributed by atoms with E-state index < -0.39 is 17.4 Å². The minimum Gasteiger partial charge on any atom is -0.489 e. The summed E-state index contributed by atoms with van der Waals surface area (Å²) >= 11 is 0. The topological polar surface area (TPSA) is 146 Å².